The quantitative estimate of drug-likeness (QED) is 0.626. The van der Waals surface area contributed by atoms with Crippen LogP contribution < -0.4 is 11.1 Å². The third-order valence-electron chi connectivity index (χ3n) is 2.08. The first-order chi connectivity index (χ1) is 7.54. The number of methoxy groups -OCH3 is 1. The van der Waals surface area contributed by atoms with E-state index in [1.807, 2.05) is 0 Å². The number of carbonyl (C=O) groups excluding carboxylic acids is 2. The van der Waals surface area contributed by atoms with E-state index in [0.717, 1.165) is 0 Å². The normalized spacial score (nSPS) is 10.9. The molecule has 0 spiro atoms. The minimum atomic E-state index is -0.671. The van der Waals surface area contributed by atoms with Crippen molar-refractivity contribution in [1.29, 1.82) is 0 Å². The SMILES string of the molecule is COC(=O)C(C)NC(=O)c1ccc(N)cc1.Cl. The van der Waals surface area contributed by atoms with Gasteiger partial charge in [-0.2, -0.15) is 0 Å². The van der Waals surface area contributed by atoms with E-state index in [-0.39, 0.29) is 18.3 Å². The molecule has 94 valence electrons. The first-order valence-electron chi connectivity index (χ1n) is 4.79. The molecule has 1 atom stereocenters. The predicted octanol–water partition coefficient (Wildman–Crippen LogP) is 0.982. The molecule has 0 aliphatic heterocycles. The van der Waals surface area contributed by atoms with Gasteiger partial charge in [-0.25, -0.2) is 4.79 Å². The van der Waals surface area contributed by atoms with E-state index in [1.54, 1.807) is 31.2 Å². The average molecular weight is 259 g/mol. The van der Waals surface area contributed by atoms with Crippen LogP contribution in [0.3, 0.4) is 0 Å². The number of nitrogens with one attached hydrogen (secondary N) is 1. The average Bonchev–Trinajstić information content (AvgIpc) is 2.28. The van der Waals surface area contributed by atoms with Gasteiger partial charge in [0.1, 0.15) is 6.04 Å². The predicted molar refractivity (Wildman–Crippen MR) is 67.0 cm³/mol. The van der Waals surface area contributed by atoms with E-state index < -0.39 is 12.0 Å². The number of hydrogen-bond acceptors (Lipinski definition) is 4. The molecule has 3 N–H and O–H groups in total. The number of benzene rings is 1. The van der Waals surface area contributed by atoms with Gasteiger partial charge in [0.05, 0.1) is 7.11 Å². The Morgan fingerprint density at radius 2 is 1.82 bits per heavy atom. The molecule has 0 radical (unpaired) electrons. The molecule has 5 nitrogen and oxygen atoms in total. The van der Waals surface area contributed by atoms with Gasteiger partial charge in [-0.05, 0) is 31.2 Å². The molecular formula is C11H15ClN2O3. The highest BCUT2D eigenvalue weighted by atomic mass is 35.5. The zero-order valence-electron chi connectivity index (χ0n) is 9.60. The Balaban J connectivity index is 0.00000256. The highest BCUT2D eigenvalue weighted by Crippen LogP contribution is 2.05. The molecule has 0 fully saturated rings. The Morgan fingerprint density at radius 1 is 1.29 bits per heavy atom. The lowest BCUT2D eigenvalue weighted by Gasteiger charge is -2.11. The van der Waals surface area contributed by atoms with Crippen molar-refractivity contribution in [2.24, 2.45) is 0 Å². The van der Waals surface area contributed by atoms with Gasteiger partial charge in [-0.3, -0.25) is 4.79 Å². The summed E-state index contributed by atoms with van der Waals surface area (Å²) in [4.78, 5) is 22.7. The number of ether oxygens (including phenoxy) is 1. The molecular weight excluding hydrogens is 244 g/mol. The molecule has 1 aromatic carbocycles. The van der Waals surface area contributed by atoms with Crippen molar-refractivity contribution in [3.63, 3.8) is 0 Å². The maximum atomic E-state index is 11.6. The van der Waals surface area contributed by atoms with E-state index in [2.05, 4.69) is 10.1 Å². The summed E-state index contributed by atoms with van der Waals surface area (Å²) >= 11 is 0. The fourth-order valence-corrected chi connectivity index (χ4v) is 1.15. The van der Waals surface area contributed by atoms with Crippen molar-refractivity contribution in [2.75, 3.05) is 12.8 Å². The maximum absolute atomic E-state index is 11.6. The highest BCUT2D eigenvalue weighted by Gasteiger charge is 2.16. The van der Waals surface area contributed by atoms with Gasteiger partial charge in [-0.15, -0.1) is 12.4 Å². The van der Waals surface area contributed by atoms with Crippen LogP contribution in [-0.2, 0) is 9.53 Å². The number of halogens is 1. The highest BCUT2D eigenvalue weighted by molar-refractivity contribution is 5.96. The molecule has 1 aromatic rings. The second-order valence-corrected chi connectivity index (χ2v) is 3.34. The third kappa shape index (κ3) is 4.32. The molecule has 17 heavy (non-hydrogen) atoms. The van der Waals surface area contributed by atoms with Crippen LogP contribution in [0.25, 0.3) is 0 Å². The van der Waals surface area contributed by atoms with E-state index in [9.17, 15) is 9.59 Å². The topological polar surface area (TPSA) is 81.4 Å². The van der Waals surface area contributed by atoms with Crippen LogP contribution in [0.15, 0.2) is 24.3 Å². The largest absolute Gasteiger partial charge is 0.467 e. The Morgan fingerprint density at radius 3 is 2.29 bits per heavy atom. The van der Waals surface area contributed by atoms with Crippen molar-refractivity contribution in [2.45, 2.75) is 13.0 Å². The number of esters is 1. The fourth-order valence-electron chi connectivity index (χ4n) is 1.15. The van der Waals surface area contributed by atoms with E-state index in [1.165, 1.54) is 7.11 Å². The minimum Gasteiger partial charge on any atom is -0.467 e. The Hall–Kier alpha value is -1.75. The van der Waals surface area contributed by atoms with Crippen LogP contribution >= 0.6 is 12.4 Å². The number of carbonyl (C=O) groups is 2. The van der Waals surface area contributed by atoms with Crippen LogP contribution in [0.4, 0.5) is 5.69 Å². The minimum absolute atomic E-state index is 0. The second-order valence-electron chi connectivity index (χ2n) is 3.34. The third-order valence-corrected chi connectivity index (χ3v) is 2.08. The lowest BCUT2D eigenvalue weighted by Crippen LogP contribution is -2.39. The van der Waals surface area contributed by atoms with Crippen molar-refractivity contribution < 1.29 is 14.3 Å². The molecule has 6 heteroatoms. The smallest absolute Gasteiger partial charge is 0.328 e. The number of hydrogen-bond donors (Lipinski definition) is 2. The summed E-state index contributed by atoms with van der Waals surface area (Å²) in [6, 6.07) is 5.76. The summed E-state index contributed by atoms with van der Waals surface area (Å²) in [6.07, 6.45) is 0. The monoisotopic (exact) mass is 258 g/mol. The summed E-state index contributed by atoms with van der Waals surface area (Å²) in [5.41, 5.74) is 6.52. The Labute approximate surface area is 106 Å². The fraction of sp³-hybridized carbons (Fsp3) is 0.273. The van der Waals surface area contributed by atoms with Crippen LogP contribution in [0.2, 0.25) is 0 Å². The first-order valence-corrected chi connectivity index (χ1v) is 4.79. The van der Waals surface area contributed by atoms with Gasteiger partial charge in [-0.1, -0.05) is 0 Å². The van der Waals surface area contributed by atoms with Crippen LogP contribution in [0.5, 0.6) is 0 Å². The standard InChI is InChI=1S/C11H14N2O3.ClH/c1-7(11(15)16-2)13-10(14)8-3-5-9(12)6-4-8;/h3-7H,12H2,1-2H3,(H,13,14);1H. The summed E-state index contributed by atoms with van der Waals surface area (Å²) in [6.45, 7) is 1.56. The molecule has 0 aliphatic carbocycles. The molecule has 0 aromatic heterocycles. The maximum Gasteiger partial charge on any atom is 0.328 e. The van der Waals surface area contributed by atoms with Crippen molar-refractivity contribution in [3.05, 3.63) is 29.8 Å². The number of rotatable bonds is 3. The molecule has 1 amide bonds. The van der Waals surface area contributed by atoms with Crippen LogP contribution in [0, 0.1) is 0 Å². The van der Waals surface area contributed by atoms with Gasteiger partial charge in [0.15, 0.2) is 0 Å². The molecule has 1 rings (SSSR count). The molecule has 0 bridgehead atoms. The number of amides is 1. The zero-order chi connectivity index (χ0) is 12.1. The molecule has 0 aliphatic rings. The van der Waals surface area contributed by atoms with Crippen LogP contribution in [0.1, 0.15) is 17.3 Å². The summed E-state index contributed by atoms with van der Waals surface area (Å²) in [5.74, 6) is -0.818. The second kappa shape index (κ2) is 6.75. The molecule has 0 saturated carbocycles. The van der Waals surface area contributed by atoms with E-state index in [0.29, 0.717) is 11.3 Å². The zero-order valence-corrected chi connectivity index (χ0v) is 10.4. The lowest BCUT2D eigenvalue weighted by atomic mass is 10.2. The lowest BCUT2D eigenvalue weighted by molar-refractivity contribution is -0.142. The van der Waals surface area contributed by atoms with Gasteiger partial charge in [0.2, 0.25) is 0 Å². The van der Waals surface area contributed by atoms with Gasteiger partial charge < -0.3 is 15.8 Å². The summed E-state index contributed by atoms with van der Waals surface area (Å²) < 4.78 is 4.49. The number of nitrogen functional groups attached to an aromatic ring is 1. The van der Waals surface area contributed by atoms with E-state index >= 15 is 0 Å². The van der Waals surface area contributed by atoms with Gasteiger partial charge in [0, 0.05) is 11.3 Å². The van der Waals surface area contributed by atoms with Crippen molar-refractivity contribution in [1.82, 2.24) is 5.32 Å². The van der Waals surface area contributed by atoms with Gasteiger partial charge in [0.25, 0.3) is 5.91 Å². The molecule has 0 saturated heterocycles. The number of nitrogens with two attached hydrogens (primary N) is 1. The van der Waals surface area contributed by atoms with Crippen LogP contribution in [-0.4, -0.2) is 25.0 Å². The van der Waals surface area contributed by atoms with Crippen molar-refractivity contribution in [3.8, 4) is 0 Å². The van der Waals surface area contributed by atoms with Crippen molar-refractivity contribution >= 4 is 30.0 Å². The Bertz CT molecular complexity index is 392. The first kappa shape index (κ1) is 15.2. The number of anilines is 1. The molecule has 0 heterocycles. The Kier molecular flexibility index (Phi) is 6.06. The van der Waals surface area contributed by atoms with E-state index in [4.69, 9.17) is 5.73 Å². The summed E-state index contributed by atoms with van der Waals surface area (Å²) in [5, 5.41) is 2.51. The molecule has 1 unspecified atom stereocenters. The summed E-state index contributed by atoms with van der Waals surface area (Å²) in [7, 11) is 1.27. The van der Waals surface area contributed by atoms with Gasteiger partial charge >= 0.3 is 5.97 Å².